The van der Waals surface area contributed by atoms with Gasteiger partial charge in [-0.15, -0.1) is 0 Å². The molecule has 0 unspecified atom stereocenters. The molecule has 4 aromatic carbocycles. The summed E-state index contributed by atoms with van der Waals surface area (Å²) in [4.78, 5) is 18.2. The first-order valence-electron chi connectivity index (χ1n) is 14.0. The van der Waals surface area contributed by atoms with Gasteiger partial charge in [-0.05, 0) is 66.6 Å². The largest absolute Gasteiger partial charge is 0.493 e. The molecule has 5 rings (SSSR count). The lowest BCUT2D eigenvalue weighted by Crippen LogP contribution is -2.25. The van der Waals surface area contributed by atoms with Gasteiger partial charge in [-0.1, -0.05) is 60.7 Å². The first-order valence-corrected chi connectivity index (χ1v) is 14.0. The van der Waals surface area contributed by atoms with Crippen molar-refractivity contribution in [3.8, 4) is 28.7 Å². The summed E-state index contributed by atoms with van der Waals surface area (Å²) in [6.07, 6.45) is 0.678. The third-order valence-electron chi connectivity index (χ3n) is 6.75. The Morgan fingerprint density at radius 3 is 2.12 bits per heavy atom. The molecule has 1 heterocycles. The van der Waals surface area contributed by atoms with Crippen molar-refractivity contribution in [2.45, 2.75) is 32.9 Å². The Kier molecular flexibility index (Phi) is 9.65. The lowest BCUT2D eigenvalue weighted by molar-refractivity contribution is -0.137. The van der Waals surface area contributed by atoms with Crippen LogP contribution in [0.5, 0.6) is 17.2 Å². The monoisotopic (exact) mass is 562 g/mol. The molecular weight excluding hydrogens is 528 g/mol. The molecule has 0 aliphatic rings. The van der Waals surface area contributed by atoms with Crippen LogP contribution >= 0.6 is 0 Å². The molecule has 0 atom stereocenters. The quantitative estimate of drug-likeness (QED) is 0.150. The van der Waals surface area contributed by atoms with E-state index in [0.717, 1.165) is 45.4 Å². The number of para-hydroxylation sites is 1. The van der Waals surface area contributed by atoms with Gasteiger partial charge in [0.25, 0.3) is 0 Å². The Morgan fingerprint density at radius 1 is 0.810 bits per heavy atom. The fraction of sp³-hybridized carbons (Fsp3) is 0.200. The number of aliphatic carboxylic acids is 1. The summed E-state index contributed by atoms with van der Waals surface area (Å²) in [6, 6.07) is 35.3. The first-order chi connectivity index (χ1) is 20.5. The maximum absolute atomic E-state index is 11.4. The Hall–Kier alpha value is -4.88. The van der Waals surface area contributed by atoms with E-state index >= 15 is 0 Å². The second kappa shape index (κ2) is 14.1. The fourth-order valence-electron chi connectivity index (χ4n) is 4.68. The number of ether oxygens (including phenoxy) is 2. The van der Waals surface area contributed by atoms with Gasteiger partial charge in [0.05, 0.1) is 18.7 Å². The highest BCUT2D eigenvalue weighted by atomic mass is 16.5. The van der Waals surface area contributed by atoms with E-state index in [9.17, 15) is 9.90 Å². The summed E-state index contributed by atoms with van der Waals surface area (Å²) in [5, 5.41) is 9.35. The van der Waals surface area contributed by atoms with Crippen molar-refractivity contribution in [2.24, 2.45) is 0 Å². The number of oxazole rings is 1. The number of hydrogen-bond acceptors (Lipinski definition) is 6. The zero-order valence-electron chi connectivity index (χ0n) is 23.6. The van der Waals surface area contributed by atoms with E-state index in [1.54, 1.807) is 0 Å². The van der Waals surface area contributed by atoms with Crippen LogP contribution in [0, 0.1) is 6.92 Å². The third-order valence-corrected chi connectivity index (χ3v) is 6.75. The molecular formula is C35H34N2O5. The molecule has 0 aliphatic carbocycles. The van der Waals surface area contributed by atoms with Crippen molar-refractivity contribution in [3.63, 3.8) is 0 Å². The van der Waals surface area contributed by atoms with Crippen LogP contribution in [0.1, 0.15) is 29.0 Å². The number of benzene rings is 4. The Balaban J connectivity index is 1.20. The van der Waals surface area contributed by atoms with Crippen LogP contribution in [0.25, 0.3) is 11.5 Å². The van der Waals surface area contributed by atoms with Gasteiger partial charge in [-0.3, -0.25) is 9.69 Å². The van der Waals surface area contributed by atoms with E-state index in [-0.39, 0.29) is 6.42 Å². The summed E-state index contributed by atoms with van der Waals surface area (Å²) in [5.41, 5.74) is 3.91. The molecule has 0 radical (unpaired) electrons. The lowest BCUT2D eigenvalue weighted by Gasteiger charge is -2.22. The van der Waals surface area contributed by atoms with Crippen LogP contribution in [0.3, 0.4) is 0 Å². The van der Waals surface area contributed by atoms with Gasteiger partial charge in [0.15, 0.2) is 0 Å². The zero-order chi connectivity index (χ0) is 29.1. The summed E-state index contributed by atoms with van der Waals surface area (Å²) < 4.78 is 17.9. The highest BCUT2D eigenvalue weighted by molar-refractivity contribution is 5.66. The number of rotatable bonds is 14. The third kappa shape index (κ3) is 8.32. The van der Waals surface area contributed by atoms with E-state index < -0.39 is 5.97 Å². The number of aryl methyl sites for hydroxylation is 1. The molecule has 7 nitrogen and oxygen atoms in total. The van der Waals surface area contributed by atoms with E-state index in [1.807, 2.05) is 116 Å². The van der Waals surface area contributed by atoms with Crippen molar-refractivity contribution in [1.29, 1.82) is 0 Å². The summed E-state index contributed by atoms with van der Waals surface area (Å²) in [5.74, 6) is 2.85. The Labute approximate surface area is 246 Å². The van der Waals surface area contributed by atoms with E-state index in [2.05, 4.69) is 9.88 Å². The summed E-state index contributed by atoms with van der Waals surface area (Å²) in [7, 11) is 0. The minimum Gasteiger partial charge on any atom is -0.493 e. The molecule has 0 fully saturated rings. The van der Waals surface area contributed by atoms with Gasteiger partial charge in [0, 0.05) is 31.6 Å². The SMILES string of the molecule is Cc1oc(-c2ccccc2)nc1CCOc1cccc(CN(CCC(=O)O)Cc2cccc(Oc3ccccc3)c2)c1. The minimum atomic E-state index is -0.822. The van der Waals surface area contributed by atoms with Crippen LogP contribution in [-0.2, 0) is 24.3 Å². The van der Waals surface area contributed by atoms with Crippen molar-refractivity contribution in [3.05, 3.63) is 132 Å². The molecule has 0 amide bonds. The van der Waals surface area contributed by atoms with Gasteiger partial charge in [0.1, 0.15) is 23.0 Å². The first kappa shape index (κ1) is 28.6. The van der Waals surface area contributed by atoms with Gasteiger partial charge < -0.3 is 19.0 Å². The smallest absolute Gasteiger partial charge is 0.304 e. The molecule has 0 aliphatic heterocycles. The number of carboxylic acid groups (broad SMARTS) is 1. The van der Waals surface area contributed by atoms with Crippen molar-refractivity contribution >= 4 is 5.97 Å². The molecule has 0 saturated carbocycles. The molecule has 0 saturated heterocycles. The normalized spacial score (nSPS) is 11.0. The second-order valence-corrected chi connectivity index (χ2v) is 10.1. The number of carboxylic acids is 1. The van der Waals surface area contributed by atoms with Gasteiger partial charge in [0.2, 0.25) is 5.89 Å². The summed E-state index contributed by atoms with van der Waals surface area (Å²) >= 11 is 0. The van der Waals surface area contributed by atoms with Crippen LogP contribution in [0.15, 0.2) is 114 Å². The molecule has 42 heavy (non-hydrogen) atoms. The van der Waals surface area contributed by atoms with Crippen molar-refractivity contribution in [1.82, 2.24) is 9.88 Å². The molecule has 1 N–H and O–H groups in total. The average molecular weight is 563 g/mol. The standard InChI is InChI=1S/C35H34N2O5/c1-26-33(36-35(41-26)29-12-4-2-5-13-29)19-21-40-31-16-8-10-27(22-31)24-37(20-18-34(38)39)25-28-11-9-17-32(23-28)42-30-14-6-3-7-15-30/h2-17,22-23H,18-21,24-25H2,1H3,(H,38,39). The number of aromatic nitrogens is 1. The number of hydrogen-bond donors (Lipinski definition) is 1. The van der Waals surface area contributed by atoms with Crippen LogP contribution < -0.4 is 9.47 Å². The maximum Gasteiger partial charge on any atom is 0.304 e. The fourth-order valence-corrected chi connectivity index (χ4v) is 4.68. The topological polar surface area (TPSA) is 85.0 Å². The van der Waals surface area contributed by atoms with Crippen LogP contribution in [0.2, 0.25) is 0 Å². The van der Waals surface area contributed by atoms with Crippen LogP contribution in [-0.4, -0.2) is 34.1 Å². The van der Waals surface area contributed by atoms with Crippen LogP contribution in [0.4, 0.5) is 0 Å². The second-order valence-electron chi connectivity index (χ2n) is 10.1. The van der Waals surface area contributed by atoms with E-state index in [1.165, 1.54) is 0 Å². The summed E-state index contributed by atoms with van der Waals surface area (Å²) in [6.45, 7) is 3.96. The maximum atomic E-state index is 11.4. The molecule has 7 heteroatoms. The lowest BCUT2D eigenvalue weighted by atomic mass is 10.1. The molecule has 1 aromatic heterocycles. The highest BCUT2D eigenvalue weighted by Gasteiger charge is 2.13. The molecule has 5 aromatic rings. The molecule has 0 bridgehead atoms. The molecule has 0 spiro atoms. The Morgan fingerprint density at radius 2 is 1.43 bits per heavy atom. The number of carbonyl (C=O) groups is 1. The van der Waals surface area contributed by atoms with Gasteiger partial charge in [-0.2, -0.15) is 0 Å². The van der Waals surface area contributed by atoms with E-state index in [0.29, 0.717) is 38.6 Å². The van der Waals surface area contributed by atoms with Gasteiger partial charge >= 0.3 is 5.97 Å². The predicted octanol–water partition coefficient (Wildman–Crippen LogP) is 7.54. The average Bonchev–Trinajstić information content (AvgIpc) is 3.37. The van der Waals surface area contributed by atoms with Gasteiger partial charge in [-0.25, -0.2) is 4.98 Å². The predicted molar refractivity (Wildman–Crippen MR) is 162 cm³/mol. The van der Waals surface area contributed by atoms with Crippen molar-refractivity contribution < 1.29 is 23.8 Å². The minimum absolute atomic E-state index is 0.0540. The van der Waals surface area contributed by atoms with Crippen molar-refractivity contribution in [2.75, 3.05) is 13.2 Å². The van der Waals surface area contributed by atoms with E-state index in [4.69, 9.17) is 13.9 Å². The highest BCUT2D eigenvalue weighted by Crippen LogP contribution is 2.24. The Bertz CT molecular complexity index is 1580. The number of nitrogens with zero attached hydrogens (tertiary/aromatic N) is 2. The zero-order valence-corrected chi connectivity index (χ0v) is 23.6. The molecule has 214 valence electrons.